The first-order chi connectivity index (χ1) is 14.2. The van der Waals surface area contributed by atoms with E-state index in [2.05, 4.69) is 15.3 Å². The number of aromatic amines is 1. The van der Waals surface area contributed by atoms with Gasteiger partial charge in [-0.2, -0.15) is 0 Å². The van der Waals surface area contributed by atoms with Gasteiger partial charge in [-0.15, -0.1) is 11.3 Å². The Labute approximate surface area is 172 Å². The van der Waals surface area contributed by atoms with E-state index >= 15 is 0 Å². The van der Waals surface area contributed by atoms with Crippen LogP contribution in [0.1, 0.15) is 47.3 Å². The molecule has 2 atom stereocenters. The fourth-order valence-corrected chi connectivity index (χ4v) is 4.78. The lowest BCUT2D eigenvalue weighted by molar-refractivity contribution is -0.119. The quantitative estimate of drug-likeness (QED) is 0.686. The molecule has 150 valence electrons. The predicted molar refractivity (Wildman–Crippen MR) is 111 cm³/mol. The van der Waals surface area contributed by atoms with Crippen LogP contribution < -0.4 is 5.32 Å². The molecule has 0 aliphatic carbocycles. The summed E-state index contributed by atoms with van der Waals surface area (Å²) in [6, 6.07) is 8.85. The Morgan fingerprint density at radius 2 is 2.17 bits per heavy atom. The summed E-state index contributed by atoms with van der Waals surface area (Å²) < 4.78 is 5.70. The molecule has 0 bridgehead atoms. The first-order valence-corrected chi connectivity index (χ1v) is 10.8. The van der Waals surface area contributed by atoms with Crippen LogP contribution in [-0.4, -0.2) is 45.9 Å². The Bertz CT molecular complexity index is 1040. The molecule has 0 saturated carbocycles. The van der Waals surface area contributed by atoms with Crippen molar-refractivity contribution in [1.29, 1.82) is 0 Å². The van der Waals surface area contributed by atoms with Crippen molar-refractivity contribution in [1.82, 2.24) is 14.9 Å². The normalized spacial score (nSPS) is 21.7. The minimum absolute atomic E-state index is 0.0238. The van der Waals surface area contributed by atoms with Crippen LogP contribution in [0, 0.1) is 0 Å². The molecule has 7 nitrogen and oxygen atoms in total. The fourth-order valence-electron chi connectivity index (χ4n) is 4.10. The van der Waals surface area contributed by atoms with Crippen molar-refractivity contribution in [3.05, 3.63) is 46.4 Å². The second kappa shape index (κ2) is 7.61. The van der Waals surface area contributed by atoms with Gasteiger partial charge in [0.1, 0.15) is 18.0 Å². The Morgan fingerprint density at radius 1 is 1.24 bits per heavy atom. The number of anilines is 1. The number of rotatable bonds is 4. The summed E-state index contributed by atoms with van der Waals surface area (Å²) in [6.45, 7) is 1.38. The summed E-state index contributed by atoms with van der Waals surface area (Å²) >= 11 is 1.41. The molecule has 2 aliphatic rings. The summed E-state index contributed by atoms with van der Waals surface area (Å²) in [6.07, 6.45) is 3.55. The maximum absolute atomic E-state index is 12.9. The molecule has 3 aromatic rings. The Kier molecular flexibility index (Phi) is 4.81. The van der Waals surface area contributed by atoms with Gasteiger partial charge in [0.05, 0.1) is 15.9 Å². The molecule has 2 fully saturated rings. The molecule has 0 spiro atoms. The third kappa shape index (κ3) is 3.54. The van der Waals surface area contributed by atoms with Crippen molar-refractivity contribution in [2.24, 2.45) is 0 Å². The van der Waals surface area contributed by atoms with E-state index in [1.165, 1.54) is 11.3 Å². The van der Waals surface area contributed by atoms with Gasteiger partial charge in [0.15, 0.2) is 0 Å². The number of nitrogens with one attached hydrogen (secondary N) is 2. The van der Waals surface area contributed by atoms with Crippen molar-refractivity contribution >= 4 is 39.9 Å². The Hall–Kier alpha value is -2.71. The Morgan fingerprint density at radius 3 is 2.97 bits per heavy atom. The number of aromatic nitrogens is 2. The number of hydrogen-bond donors (Lipinski definition) is 2. The molecule has 2 aliphatic heterocycles. The average molecular weight is 410 g/mol. The van der Waals surface area contributed by atoms with Crippen LogP contribution in [0.4, 0.5) is 5.69 Å². The highest BCUT2D eigenvalue weighted by Crippen LogP contribution is 2.29. The standard InChI is InChI=1S/C21H22N4O3S/c26-20(16-4-1-9-25(16)21(27)18-6-3-11-29-18)22-13-7-8-14-15(12-13)24-19(23-14)17-5-2-10-28-17/h3,6-8,11-12,16-17H,1-2,4-5,9-10H2,(H,22,26)(H,23,24)/t16-,17+/m0/s1. The predicted octanol–water partition coefficient (Wildman–Crippen LogP) is 3.72. The van der Waals surface area contributed by atoms with Gasteiger partial charge in [0.25, 0.3) is 5.91 Å². The first-order valence-electron chi connectivity index (χ1n) is 9.95. The van der Waals surface area contributed by atoms with Gasteiger partial charge >= 0.3 is 0 Å². The first kappa shape index (κ1) is 18.3. The van der Waals surface area contributed by atoms with E-state index in [0.717, 1.165) is 42.7 Å². The number of carbonyl (C=O) groups excluding carboxylic acids is 2. The molecule has 8 heteroatoms. The molecule has 0 radical (unpaired) electrons. The number of H-pyrrole nitrogens is 1. The molecule has 29 heavy (non-hydrogen) atoms. The van der Waals surface area contributed by atoms with E-state index in [4.69, 9.17) is 4.74 Å². The zero-order valence-corrected chi connectivity index (χ0v) is 16.7. The van der Waals surface area contributed by atoms with Gasteiger partial charge in [-0.3, -0.25) is 9.59 Å². The van der Waals surface area contributed by atoms with Gasteiger partial charge in [-0.05, 0) is 55.3 Å². The number of thiophene rings is 1. The summed E-state index contributed by atoms with van der Waals surface area (Å²) in [4.78, 5) is 35.9. The number of amides is 2. The van der Waals surface area contributed by atoms with Crippen molar-refractivity contribution in [3.63, 3.8) is 0 Å². The van der Waals surface area contributed by atoms with E-state index in [0.29, 0.717) is 23.5 Å². The number of likely N-dealkylation sites (tertiary alicyclic amines) is 1. The molecule has 1 aromatic carbocycles. The Balaban J connectivity index is 1.31. The molecule has 4 heterocycles. The lowest BCUT2D eigenvalue weighted by Gasteiger charge is -2.23. The van der Waals surface area contributed by atoms with Crippen LogP contribution in [0.25, 0.3) is 11.0 Å². The van der Waals surface area contributed by atoms with Crippen molar-refractivity contribution in [2.75, 3.05) is 18.5 Å². The van der Waals surface area contributed by atoms with Crippen LogP contribution in [0.3, 0.4) is 0 Å². The average Bonchev–Trinajstić information content (AvgIpc) is 3.53. The highest BCUT2D eigenvalue weighted by Gasteiger charge is 2.35. The third-order valence-corrected chi connectivity index (χ3v) is 6.41. The van der Waals surface area contributed by atoms with Crippen LogP contribution in [0.15, 0.2) is 35.7 Å². The molecular formula is C21H22N4O3S. The summed E-state index contributed by atoms with van der Waals surface area (Å²) in [5.74, 6) is 0.623. The van der Waals surface area contributed by atoms with Gasteiger partial charge in [-0.25, -0.2) is 4.98 Å². The van der Waals surface area contributed by atoms with E-state index in [1.54, 1.807) is 11.0 Å². The molecule has 2 amide bonds. The number of nitrogens with zero attached hydrogens (tertiary/aromatic N) is 2. The summed E-state index contributed by atoms with van der Waals surface area (Å²) in [5, 5.41) is 4.85. The molecule has 2 N–H and O–H groups in total. The topological polar surface area (TPSA) is 87.3 Å². The maximum Gasteiger partial charge on any atom is 0.264 e. The van der Waals surface area contributed by atoms with E-state index in [-0.39, 0.29) is 17.9 Å². The second-order valence-electron chi connectivity index (χ2n) is 7.48. The van der Waals surface area contributed by atoms with Crippen LogP contribution in [-0.2, 0) is 9.53 Å². The largest absolute Gasteiger partial charge is 0.370 e. The highest BCUT2D eigenvalue weighted by atomic mass is 32.1. The second-order valence-corrected chi connectivity index (χ2v) is 8.43. The summed E-state index contributed by atoms with van der Waals surface area (Å²) in [5.41, 5.74) is 2.41. The smallest absolute Gasteiger partial charge is 0.264 e. The maximum atomic E-state index is 12.9. The SMILES string of the molecule is O=C(Nc1ccc2nc([C@H]3CCCO3)[nH]c2c1)[C@@H]1CCCN1C(=O)c1cccs1. The number of fused-ring (bicyclic) bond motifs is 1. The van der Waals surface area contributed by atoms with E-state index in [9.17, 15) is 9.59 Å². The zero-order valence-electron chi connectivity index (χ0n) is 15.9. The van der Waals surface area contributed by atoms with Gasteiger partial charge in [-0.1, -0.05) is 6.07 Å². The van der Waals surface area contributed by atoms with Gasteiger partial charge in [0.2, 0.25) is 5.91 Å². The van der Waals surface area contributed by atoms with Crippen molar-refractivity contribution in [2.45, 2.75) is 37.8 Å². The molecule has 5 rings (SSSR count). The lowest BCUT2D eigenvalue weighted by atomic mass is 10.2. The van der Waals surface area contributed by atoms with Gasteiger partial charge < -0.3 is 19.9 Å². The van der Waals surface area contributed by atoms with Gasteiger partial charge in [0, 0.05) is 18.8 Å². The third-order valence-electron chi connectivity index (χ3n) is 5.55. The number of imidazole rings is 1. The monoisotopic (exact) mass is 410 g/mol. The minimum atomic E-state index is -0.440. The highest BCUT2D eigenvalue weighted by molar-refractivity contribution is 7.12. The molecule has 2 saturated heterocycles. The van der Waals surface area contributed by atoms with Crippen LogP contribution >= 0.6 is 11.3 Å². The van der Waals surface area contributed by atoms with Crippen molar-refractivity contribution in [3.8, 4) is 0 Å². The van der Waals surface area contributed by atoms with Crippen LogP contribution in [0.5, 0.6) is 0 Å². The number of carbonyl (C=O) groups is 2. The van der Waals surface area contributed by atoms with Crippen LogP contribution in [0.2, 0.25) is 0 Å². The van der Waals surface area contributed by atoms with Crippen molar-refractivity contribution < 1.29 is 14.3 Å². The van der Waals surface area contributed by atoms with E-state index < -0.39 is 6.04 Å². The minimum Gasteiger partial charge on any atom is -0.370 e. The van der Waals surface area contributed by atoms with E-state index in [1.807, 2.05) is 29.6 Å². The lowest BCUT2D eigenvalue weighted by Crippen LogP contribution is -2.42. The number of hydrogen-bond acceptors (Lipinski definition) is 5. The number of ether oxygens (including phenoxy) is 1. The number of benzene rings is 1. The molecule has 2 aromatic heterocycles. The summed E-state index contributed by atoms with van der Waals surface area (Å²) in [7, 11) is 0. The molecule has 0 unspecified atom stereocenters. The molecular weight excluding hydrogens is 388 g/mol. The zero-order chi connectivity index (χ0) is 19.8. The fraction of sp³-hybridized carbons (Fsp3) is 0.381.